The number of carbonyl (C=O) groups is 2. The number of benzene rings is 1. The van der Waals surface area contributed by atoms with Crippen molar-refractivity contribution in [2.75, 3.05) is 19.0 Å². The summed E-state index contributed by atoms with van der Waals surface area (Å²) in [6.45, 7) is 8.34. The number of carbonyl (C=O) groups excluding carboxylic acids is 2. The lowest BCUT2D eigenvalue weighted by molar-refractivity contribution is -0.169. The summed E-state index contributed by atoms with van der Waals surface area (Å²) in [4.78, 5) is 25.2. The Balaban J connectivity index is 2.07. The number of hydrogen-bond acceptors (Lipinski definition) is 7. The van der Waals surface area contributed by atoms with Crippen molar-refractivity contribution >= 4 is 21.7 Å². The van der Waals surface area contributed by atoms with E-state index >= 15 is 0 Å². The van der Waals surface area contributed by atoms with Crippen LogP contribution in [-0.4, -0.2) is 56.7 Å². The van der Waals surface area contributed by atoms with E-state index < -0.39 is 44.9 Å². The molecule has 2 rings (SSSR count). The van der Waals surface area contributed by atoms with Crippen LogP contribution < -0.4 is 5.32 Å². The minimum Gasteiger partial charge on any atom is -0.444 e. The normalized spacial score (nSPS) is 16.8. The number of alkyl carbamates (subject to hydrolysis) is 1. The van der Waals surface area contributed by atoms with Gasteiger partial charge in [0.1, 0.15) is 17.1 Å². The summed E-state index contributed by atoms with van der Waals surface area (Å²) in [5.74, 6) is -1.84. The highest BCUT2D eigenvalue weighted by Gasteiger charge is 2.37. The van der Waals surface area contributed by atoms with Crippen molar-refractivity contribution < 1.29 is 32.2 Å². The van der Waals surface area contributed by atoms with Crippen molar-refractivity contribution in [1.29, 1.82) is 0 Å². The molecule has 1 aliphatic heterocycles. The Hall–Kier alpha value is -1.97. The minimum absolute atomic E-state index is 0.0984. The summed E-state index contributed by atoms with van der Waals surface area (Å²) in [5, 5.41) is 2.74. The number of amides is 1. The van der Waals surface area contributed by atoms with Crippen molar-refractivity contribution in [2.24, 2.45) is 0 Å². The molecule has 0 aromatic heterocycles. The Morgan fingerprint density at radius 2 is 1.76 bits per heavy atom. The van der Waals surface area contributed by atoms with Crippen LogP contribution in [0.5, 0.6) is 0 Å². The lowest BCUT2D eigenvalue weighted by Gasteiger charge is -2.30. The van der Waals surface area contributed by atoms with Gasteiger partial charge in [0.25, 0.3) is 0 Å². The van der Waals surface area contributed by atoms with E-state index in [1.807, 2.05) is 0 Å². The van der Waals surface area contributed by atoms with Gasteiger partial charge in [-0.3, -0.25) is 4.79 Å². The van der Waals surface area contributed by atoms with Crippen LogP contribution >= 0.6 is 0 Å². The molecule has 1 amide bonds. The highest BCUT2D eigenvalue weighted by atomic mass is 32.2. The van der Waals surface area contributed by atoms with Gasteiger partial charge in [-0.05, 0) is 45.7 Å². The largest absolute Gasteiger partial charge is 0.444 e. The third-order valence-electron chi connectivity index (χ3n) is 5.25. The maximum atomic E-state index is 12.7. The fraction of sp³-hybridized carbons (Fsp3) is 0.667. The predicted molar refractivity (Wildman–Crippen MR) is 125 cm³/mol. The highest BCUT2D eigenvalue weighted by molar-refractivity contribution is 7.92. The molecule has 0 aliphatic carbocycles. The molecule has 0 saturated carbocycles. The van der Waals surface area contributed by atoms with Crippen LogP contribution in [0.1, 0.15) is 66.2 Å². The molecular weight excluding hydrogens is 446 g/mol. The Morgan fingerprint density at radius 3 is 2.33 bits per heavy atom. The molecule has 1 fully saturated rings. The number of unbranched alkanes of at least 4 members (excludes halogenated alkanes) is 1. The number of hydrogen-bond donors (Lipinski definition) is 1. The molecule has 1 aliphatic rings. The van der Waals surface area contributed by atoms with Crippen LogP contribution in [0.25, 0.3) is 0 Å². The van der Waals surface area contributed by atoms with E-state index in [1.165, 1.54) is 12.1 Å². The third-order valence-corrected chi connectivity index (χ3v) is 6.94. The average Bonchev–Trinajstić information content (AvgIpc) is 3.18. The molecule has 1 N–H and O–H groups in total. The smallest absolute Gasteiger partial charge is 0.407 e. The average molecular weight is 484 g/mol. The van der Waals surface area contributed by atoms with Gasteiger partial charge in [0.05, 0.1) is 18.1 Å². The molecule has 1 aromatic carbocycles. The van der Waals surface area contributed by atoms with E-state index in [-0.39, 0.29) is 11.3 Å². The summed E-state index contributed by atoms with van der Waals surface area (Å²) in [5.41, 5.74) is -0.699. The quantitative estimate of drug-likeness (QED) is 0.478. The Kier molecular flexibility index (Phi) is 9.87. The van der Waals surface area contributed by atoms with Crippen LogP contribution in [0.2, 0.25) is 0 Å². The summed E-state index contributed by atoms with van der Waals surface area (Å²) >= 11 is 0. The number of ether oxygens (including phenoxy) is 3. The molecule has 0 spiro atoms. The first-order chi connectivity index (χ1) is 15.4. The van der Waals surface area contributed by atoms with Gasteiger partial charge in [0.15, 0.2) is 15.6 Å². The lowest BCUT2D eigenvalue weighted by atomic mass is 9.97. The van der Waals surface area contributed by atoms with Crippen LogP contribution in [0, 0.1) is 0 Å². The fourth-order valence-electron chi connectivity index (χ4n) is 3.71. The number of rotatable bonds is 12. The van der Waals surface area contributed by atoms with Gasteiger partial charge in [-0.25, -0.2) is 13.2 Å². The fourth-order valence-corrected chi connectivity index (χ4v) is 4.99. The van der Waals surface area contributed by atoms with E-state index in [1.54, 1.807) is 39.0 Å². The molecule has 1 aromatic rings. The molecule has 9 heteroatoms. The number of nitrogens with one attached hydrogen (secondary N) is 1. The second kappa shape index (κ2) is 11.9. The van der Waals surface area contributed by atoms with Crippen molar-refractivity contribution in [1.82, 2.24) is 5.32 Å². The molecular formula is C24H37NO7S. The minimum atomic E-state index is -3.76. The number of ketones is 1. The third kappa shape index (κ3) is 9.43. The zero-order chi connectivity index (χ0) is 24.5. The maximum Gasteiger partial charge on any atom is 0.407 e. The Bertz CT molecular complexity index is 872. The van der Waals surface area contributed by atoms with Crippen LogP contribution in [0.15, 0.2) is 35.2 Å². The Morgan fingerprint density at radius 1 is 1.12 bits per heavy atom. The van der Waals surface area contributed by atoms with Gasteiger partial charge in [0, 0.05) is 25.3 Å². The second-order valence-electron chi connectivity index (χ2n) is 9.41. The first-order valence-corrected chi connectivity index (χ1v) is 13.2. The molecule has 8 nitrogen and oxygen atoms in total. The van der Waals surface area contributed by atoms with E-state index in [0.717, 1.165) is 19.3 Å². The van der Waals surface area contributed by atoms with Gasteiger partial charge < -0.3 is 19.5 Å². The van der Waals surface area contributed by atoms with E-state index in [0.29, 0.717) is 26.1 Å². The van der Waals surface area contributed by atoms with E-state index in [2.05, 4.69) is 12.2 Å². The lowest BCUT2D eigenvalue weighted by Crippen LogP contribution is -2.42. The molecule has 1 unspecified atom stereocenters. The van der Waals surface area contributed by atoms with Crippen LogP contribution in [0.4, 0.5) is 4.79 Å². The van der Waals surface area contributed by atoms with Crippen molar-refractivity contribution in [3.8, 4) is 0 Å². The zero-order valence-corrected chi connectivity index (χ0v) is 20.9. The molecule has 1 saturated heterocycles. The summed E-state index contributed by atoms with van der Waals surface area (Å²) in [7, 11) is -3.76. The second-order valence-corrected chi connectivity index (χ2v) is 11.4. The number of Topliss-reactive ketones (excluding diaryl/α,β-unsaturated/α-hetero) is 1. The first kappa shape index (κ1) is 27.3. The molecule has 0 bridgehead atoms. The highest BCUT2D eigenvalue weighted by Crippen LogP contribution is 2.31. The zero-order valence-electron chi connectivity index (χ0n) is 20.1. The first-order valence-electron chi connectivity index (χ1n) is 11.5. The van der Waals surface area contributed by atoms with Gasteiger partial charge in [-0.1, -0.05) is 31.5 Å². The van der Waals surface area contributed by atoms with Crippen LogP contribution in [-0.2, 0) is 28.8 Å². The summed E-state index contributed by atoms with van der Waals surface area (Å²) < 4.78 is 42.3. The van der Waals surface area contributed by atoms with E-state index in [9.17, 15) is 18.0 Å². The molecule has 0 radical (unpaired) electrons. The van der Waals surface area contributed by atoms with E-state index in [4.69, 9.17) is 14.2 Å². The molecule has 1 heterocycles. The predicted octanol–water partition coefficient (Wildman–Crippen LogP) is 4.03. The monoisotopic (exact) mass is 483 g/mol. The molecule has 33 heavy (non-hydrogen) atoms. The SMILES string of the molecule is CCCCC1(CCC(CC(=O)CS(=O)(=O)c2ccccc2)NC(=O)OC(C)(C)C)OCCO1. The molecule has 1 atom stereocenters. The van der Waals surface area contributed by atoms with Crippen LogP contribution in [0.3, 0.4) is 0 Å². The van der Waals surface area contributed by atoms with Crippen molar-refractivity contribution in [3.63, 3.8) is 0 Å². The van der Waals surface area contributed by atoms with Crippen molar-refractivity contribution in [3.05, 3.63) is 30.3 Å². The van der Waals surface area contributed by atoms with Gasteiger partial charge >= 0.3 is 6.09 Å². The van der Waals surface area contributed by atoms with Gasteiger partial charge in [0.2, 0.25) is 0 Å². The Labute approximate surface area is 197 Å². The van der Waals surface area contributed by atoms with Gasteiger partial charge in [-0.2, -0.15) is 0 Å². The topological polar surface area (TPSA) is 108 Å². The summed E-state index contributed by atoms with van der Waals surface area (Å²) in [6, 6.07) is 7.26. The molecule has 186 valence electrons. The maximum absolute atomic E-state index is 12.7. The van der Waals surface area contributed by atoms with Crippen molar-refractivity contribution in [2.45, 2.75) is 88.5 Å². The van der Waals surface area contributed by atoms with Gasteiger partial charge in [-0.15, -0.1) is 0 Å². The summed E-state index contributed by atoms with van der Waals surface area (Å²) in [6.07, 6.45) is 2.73. The number of sulfone groups is 1. The standard InChI is InChI=1S/C24H37NO7S/c1-5-6-13-24(30-15-16-31-24)14-12-19(25-22(27)32-23(2,3)4)17-20(26)18-33(28,29)21-10-8-7-9-11-21/h7-11,19H,5-6,12-18H2,1-4H3,(H,25,27).